The molecule has 14 heavy (non-hydrogen) atoms. The second-order valence-electron chi connectivity index (χ2n) is 4.76. The summed E-state index contributed by atoms with van der Waals surface area (Å²) < 4.78 is 0. The third kappa shape index (κ3) is 4.09. The first-order chi connectivity index (χ1) is 6.58. The molecule has 3 nitrogen and oxygen atoms in total. The summed E-state index contributed by atoms with van der Waals surface area (Å²) in [6, 6.07) is 0. The monoisotopic (exact) mass is 199 g/mol. The van der Waals surface area contributed by atoms with Crippen LogP contribution in [0.15, 0.2) is 0 Å². The van der Waals surface area contributed by atoms with Gasteiger partial charge in [-0.05, 0) is 31.2 Å². The first-order valence-electron chi connectivity index (χ1n) is 5.52. The predicted molar refractivity (Wildman–Crippen MR) is 56.3 cm³/mol. The van der Waals surface area contributed by atoms with Crippen LogP contribution in [0.5, 0.6) is 0 Å². The van der Waals surface area contributed by atoms with E-state index in [1.54, 1.807) is 0 Å². The molecule has 1 atom stereocenters. The summed E-state index contributed by atoms with van der Waals surface area (Å²) in [6.07, 6.45) is 2.58. The van der Waals surface area contributed by atoms with Crippen molar-refractivity contribution in [1.29, 1.82) is 0 Å². The SMILES string of the molecule is CC(C)CN1CCCC(CC(=O)O)C1. The largest absolute Gasteiger partial charge is 0.481 e. The molecule has 0 aromatic carbocycles. The Morgan fingerprint density at radius 3 is 2.86 bits per heavy atom. The van der Waals surface area contributed by atoms with Gasteiger partial charge < -0.3 is 10.0 Å². The Bertz CT molecular complexity index is 192. The van der Waals surface area contributed by atoms with Crippen LogP contribution in [0.3, 0.4) is 0 Å². The standard InChI is InChI=1S/C11H21NO2/c1-9(2)7-12-5-3-4-10(8-12)6-11(13)14/h9-10H,3-8H2,1-2H3,(H,13,14). The highest BCUT2D eigenvalue weighted by Gasteiger charge is 2.21. The fourth-order valence-electron chi connectivity index (χ4n) is 2.25. The third-order valence-corrected chi connectivity index (χ3v) is 2.69. The van der Waals surface area contributed by atoms with Crippen molar-refractivity contribution in [2.24, 2.45) is 11.8 Å². The smallest absolute Gasteiger partial charge is 0.303 e. The highest BCUT2D eigenvalue weighted by atomic mass is 16.4. The lowest BCUT2D eigenvalue weighted by molar-refractivity contribution is -0.138. The van der Waals surface area contributed by atoms with E-state index in [9.17, 15) is 4.79 Å². The second kappa shape index (κ2) is 5.35. The van der Waals surface area contributed by atoms with E-state index in [-0.39, 0.29) is 0 Å². The van der Waals surface area contributed by atoms with E-state index >= 15 is 0 Å². The van der Waals surface area contributed by atoms with Gasteiger partial charge in [-0.1, -0.05) is 13.8 Å². The molecule has 0 aliphatic carbocycles. The van der Waals surface area contributed by atoms with Crippen molar-refractivity contribution >= 4 is 5.97 Å². The molecule has 0 aromatic heterocycles. The molecule has 1 fully saturated rings. The van der Waals surface area contributed by atoms with Crippen LogP contribution in [0.1, 0.15) is 33.1 Å². The van der Waals surface area contributed by atoms with Crippen LogP contribution < -0.4 is 0 Å². The summed E-state index contributed by atoms with van der Waals surface area (Å²) in [5.41, 5.74) is 0. The fraction of sp³-hybridized carbons (Fsp3) is 0.909. The van der Waals surface area contributed by atoms with Crippen molar-refractivity contribution in [3.63, 3.8) is 0 Å². The number of rotatable bonds is 4. The maximum atomic E-state index is 10.6. The number of hydrogen-bond donors (Lipinski definition) is 1. The highest BCUT2D eigenvalue weighted by molar-refractivity contribution is 5.67. The first-order valence-corrected chi connectivity index (χ1v) is 5.52. The predicted octanol–water partition coefficient (Wildman–Crippen LogP) is 1.83. The van der Waals surface area contributed by atoms with Crippen LogP contribution in [0.2, 0.25) is 0 Å². The topological polar surface area (TPSA) is 40.5 Å². The maximum absolute atomic E-state index is 10.6. The Morgan fingerprint density at radius 2 is 2.29 bits per heavy atom. The van der Waals surface area contributed by atoms with Crippen molar-refractivity contribution in [2.75, 3.05) is 19.6 Å². The lowest BCUT2D eigenvalue weighted by Gasteiger charge is -2.33. The van der Waals surface area contributed by atoms with Crippen molar-refractivity contribution < 1.29 is 9.90 Å². The molecule has 1 heterocycles. The molecule has 0 radical (unpaired) electrons. The van der Waals surface area contributed by atoms with Crippen molar-refractivity contribution in [2.45, 2.75) is 33.1 Å². The van der Waals surface area contributed by atoms with Crippen LogP contribution in [-0.4, -0.2) is 35.6 Å². The van der Waals surface area contributed by atoms with Crippen LogP contribution >= 0.6 is 0 Å². The number of likely N-dealkylation sites (tertiary alicyclic amines) is 1. The van der Waals surface area contributed by atoms with Gasteiger partial charge in [-0.25, -0.2) is 0 Å². The average Bonchev–Trinajstić information content (AvgIpc) is 2.01. The fourth-order valence-corrected chi connectivity index (χ4v) is 2.25. The normalized spacial score (nSPS) is 24.1. The number of carboxylic acid groups (broad SMARTS) is 1. The number of piperidine rings is 1. The molecule has 1 aliphatic rings. The van der Waals surface area contributed by atoms with Crippen LogP contribution in [0.25, 0.3) is 0 Å². The Balaban J connectivity index is 2.32. The van der Waals surface area contributed by atoms with Gasteiger partial charge in [0, 0.05) is 19.5 Å². The van der Waals surface area contributed by atoms with Gasteiger partial charge in [0.2, 0.25) is 0 Å². The molecule has 0 bridgehead atoms. The summed E-state index contributed by atoms with van der Waals surface area (Å²) >= 11 is 0. The molecule has 0 amide bonds. The van der Waals surface area contributed by atoms with Crippen molar-refractivity contribution in [1.82, 2.24) is 4.90 Å². The van der Waals surface area contributed by atoms with Gasteiger partial charge >= 0.3 is 5.97 Å². The summed E-state index contributed by atoms with van der Waals surface area (Å²) in [5.74, 6) is 0.403. The molecule has 1 aliphatic heterocycles. The summed E-state index contributed by atoms with van der Waals surface area (Å²) in [4.78, 5) is 13.0. The number of hydrogen-bond acceptors (Lipinski definition) is 2. The molecule has 82 valence electrons. The number of nitrogens with zero attached hydrogens (tertiary/aromatic N) is 1. The van der Waals surface area contributed by atoms with Gasteiger partial charge in [0.15, 0.2) is 0 Å². The zero-order valence-corrected chi connectivity index (χ0v) is 9.20. The summed E-state index contributed by atoms with van der Waals surface area (Å²) in [6.45, 7) is 7.65. The third-order valence-electron chi connectivity index (χ3n) is 2.69. The van der Waals surface area contributed by atoms with E-state index in [1.165, 1.54) is 0 Å². The van der Waals surface area contributed by atoms with E-state index in [1.807, 2.05) is 0 Å². The zero-order valence-electron chi connectivity index (χ0n) is 9.20. The molecule has 1 unspecified atom stereocenters. The highest BCUT2D eigenvalue weighted by Crippen LogP contribution is 2.20. The molecular formula is C11H21NO2. The number of carbonyl (C=O) groups is 1. The quantitative estimate of drug-likeness (QED) is 0.751. The summed E-state index contributed by atoms with van der Waals surface area (Å²) in [7, 11) is 0. The Morgan fingerprint density at radius 1 is 1.57 bits per heavy atom. The molecule has 1 N–H and O–H groups in total. The van der Waals surface area contributed by atoms with Gasteiger partial charge in [0.05, 0.1) is 0 Å². The van der Waals surface area contributed by atoms with Crippen molar-refractivity contribution in [3.05, 3.63) is 0 Å². The van der Waals surface area contributed by atoms with E-state index < -0.39 is 5.97 Å². The minimum absolute atomic E-state index is 0.342. The summed E-state index contributed by atoms with van der Waals surface area (Å²) in [5, 5.41) is 8.72. The Kier molecular flexibility index (Phi) is 4.39. The van der Waals surface area contributed by atoms with E-state index in [4.69, 9.17) is 5.11 Å². The Hall–Kier alpha value is -0.570. The molecule has 0 saturated carbocycles. The molecule has 3 heteroatoms. The minimum atomic E-state index is -0.651. The lowest BCUT2D eigenvalue weighted by atomic mass is 9.94. The van der Waals surface area contributed by atoms with Gasteiger partial charge in [-0.3, -0.25) is 4.79 Å². The van der Waals surface area contributed by atoms with Gasteiger partial charge in [0.25, 0.3) is 0 Å². The van der Waals surface area contributed by atoms with Crippen LogP contribution in [-0.2, 0) is 4.79 Å². The van der Waals surface area contributed by atoms with Crippen LogP contribution in [0.4, 0.5) is 0 Å². The Labute approximate surface area is 86.1 Å². The first kappa shape index (κ1) is 11.5. The minimum Gasteiger partial charge on any atom is -0.481 e. The van der Waals surface area contributed by atoms with Gasteiger partial charge in [-0.2, -0.15) is 0 Å². The number of aliphatic carboxylic acids is 1. The van der Waals surface area contributed by atoms with Crippen molar-refractivity contribution in [3.8, 4) is 0 Å². The number of carboxylic acids is 1. The molecule has 0 spiro atoms. The van der Waals surface area contributed by atoms with E-state index in [0.29, 0.717) is 18.3 Å². The molecule has 1 rings (SSSR count). The second-order valence-corrected chi connectivity index (χ2v) is 4.76. The van der Waals surface area contributed by atoms with E-state index in [2.05, 4.69) is 18.7 Å². The zero-order chi connectivity index (χ0) is 10.6. The maximum Gasteiger partial charge on any atom is 0.303 e. The van der Waals surface area contributed by atoms with E-state index in [0.717, 1.165) is 32.5 Å². The molecular weight excluding hydrogens is 178 g/mol. The van der Waals surface area contributed by atoms with Crippen LogP contribution in [0, 0.1) is 11.8 Å². The molecule has 0 aromatic rings. The van der Waals surface area contributed by atoms with Gasteiger partial charge in [0.1, 0.15) is 0 Å². The molecule has 1 saturated heterocycles. The van der Waals surface area contributed by atoms with Gasteiger partial charge in [-0.15, -0.1) is 0 Å². The lowest BCUT2D eigenvalue weighted by Crippen LogP contribution is -2.38. The average molecular weight is 199 g/mol.